The highest BCUT2D eigenvalue weighted by Crippen LogP contribution is 2.41. The summed E-state index contributed by atoms with van der Waals surface area (Å²) in [6, 6.07) is 11.0. The number of hydrogen-bond acceptors (Lipinski definition) is 2. The van der Waals surface area contributed by atoms with E-state index in [-0.39, 0.29) is 17.4 Å². The molecule has 0 radical (unpaired) electrons. The van der Waals surface area contributed by atoms with Gasteiger partial charge < -0.3 is 16.0 Å². The summed E-state index contributed by atoms with van der Waals surface area (Å²) >= 11 is 0. The minimum atomic E-state index is 0.0693. The van der Waals surface area contributed by atoms with Crippen molar-refractivity contribution < 1.29 is 4.79 Å². The molecule has 3 N–H and O–H groups in total. The lowest BCUT2D eigenvalue weighted by Crippen LogP contribution is -2.41. The van der Waals surface area contributed by atoms with Crippen LogP contribution in [0.2, 0.25) is 0 Å². The molecule has 1 aromatic carbocycles. The number of nitrogens with zero attached hydrogens (tertiary/aromatic N) is 1. The van der Waals surface area contributed by atoms with Crippen LogP contribution in [0.5, 0.6) is 0 Å². The summed E-state index contributed by atoms with van der Waals surface area (Å²) in [7, 11) is 0. The highest BCUT2D eigenvalue weighted by molar-refractivity contribution is 5.81. The van der Waals surface area contributed by atoms with E-state index in [1.807, 2.05) is 13.8 Å². The molecule has 0 bridgehead atoms. The zero-order chi connectivity index (χ0) is 18.8. The maximum absolute atomic E-state index is 11.8. The van der Waals surface area contributed by atoms with E-state index in [0.29, 0.717) is 13.0 Å². The predicted octanol–water partition coefficient (Wildman–Crippen LogP) is 2.97. The summed E-state index contributed by atoms with van der Waals surface area (Å²) in [6.45, 7) is 8.18. The highest BCUT2D eigenvalue weighted by Gasteiger charge is 2.35. The Labute approximate surface area is 158 Å². The number of amides is 1. The molecule has 0 spiro atoms. The first-order valence-electron chi connectivity index (χ1n) is 9.93. The van der Waals surface area contributed by atoms with Crippen molar-refractivity contribution in [2.24, 2.45) is 4.99 Å². The van der Waals surface area contributed by atoms with Crippen LogP contribution in [0.15, 0.2) is 35.3 Å². The Balaban J connectivity index is 1.97. The minimum Gasteiger partial charge on any atom is -0.357 e. The van der Waals surface area contributed by atoms with Crippen LogP contribution in [0.1, 0.15) is 58.4 Å². The number of hydrogen-bond donors (Lipinski definition) is 3. The molecular weight excluding hydrogens is 324 g/mol. The number of carbonyl (C=O) groups is 1. The molecule has 1 aliphatic rings. The Morgan fingerprint density at radius 2 is 1.85 bits per heavy atom. The molecular formula is C21H34N4O. The van der Waals surface area contributed by atoms with E-state index in [9.17, 15) is 4.79 Å². The van der Waals surface area contributed by atoms with Crippen LogP contribution >= 0.6 is 0 Å². The minimum absolute atomic E-state index is 0.0693. The largest absolute Gasteiger partial charge is 0.357 e. The molecule has 1 fully saturated rings. The van der Waals surface area contributed by atoms with Gasteiger partial charge in [0.2, 0.25) is 5.91 Å². The molecule has 2 rings (SSSR count). The van der Waals surface area contributed by atoms with Gasteiger partial charge in [-0.1, -0.05) is 43.2 Å². The molecule has 26 heavy (non-hydrogen) atoms. The SMILES string of the molecule is CCNC(=NCC1(c2ccccc2)CCCC1)NCCC(=O)NC(C)C. The average Bonchev–Trinajstić information content (AvgIpc) is 3.10. The number of rotatable bonds is 8. The first kappa shape index (κ1) is 20.3. The summed E-state index contributed by atoms with van der Waals surface area (Å²) in [5, 5.41) is 9.51. The van der Waals surface area contributed by atoms with Crippen LogP contribution < -0.4 is 16.0 Å². The van der Waals surface area contributed by atoms with Gasteiger partial charge in [0.1, 0.15) is 0 Å². The zero-order valence-corrected chi connectivity index (χ0v) is 16.5. The fourth-order valence-corrected chi connectivity index (χ4v) is 3.64. The van der Waals surface area contributed by atoms with Gasteiger partial charge >= 0.3 is 0 Å². The molecule has 1 aliphatic carbocycles. The van der Waals surface area contributed by atoms with Gasteiger partial charge in [-0.05, 0) is 39.2 Å². The van der Waals surface area contributed by atoms with Crippen LogP contribution in [0, 0.1) is 0 Å². The number of carbonyl (C=O) groups excluding carboxylic acids is 1. The van der Waals surface area contributed by atoms with Crippen molar-refractivity contribution in [1.82, 2.24) is 16.0 Å². The van der Waals surface area contributed by atoms with Gasteiger partial charge in [0, 0.05) is 31.0 Å². The molecule has 0 heterocycles. The first-order chi connectivity index (χ1) is 12.6. The Morgan fingerprint density at radius 3 is 2.46 bits per heavy atom. The lowest BCUT2D eigenvalue weighted by atomic mass is 9.79. The Kier molecular flexibility index (Phi) is 7.95. The van der Waals surface area contributed by atoms with E-state index in [1.165, 1.54) is 31.2 Å². The predicted molar refractivity (Wildman–Crippen MR) is 108 cm³/mol. The highest BCUT2D eigenvalue weighted by atomic mass is 16.1. The molecule has 0 saturated heterocycles. The van der Waals surface area contributed by atoms with Crippen LogP contribution in [-0.2, 0) is 10.2 Å². The third-order valence-corrected chi connectivity index (χ3v) is 4.93. The first-order valence-corrected chi connectivity index (χ1v) is 9.93. The second-order valence-corrected chi connectivity index (χ2v) is 7.45. The summed E-state index contributed by atoms with van der Waals surface area (Å²) in [6.07, 6.45) is 5.37. The Hall–Kier alpha value is -2.04. The van der Waals surface area contributed by atoms with Crippen molar-refractivity contribution in [3.05, 3.63) is 35.9 Å². The molecule has 1 saturated carbocycles. The normalized spacial score (nSPS) is 16.5. The van der Waals surface area contributed by atoms with Gasteiger partial charge in [0.25, 0.3) is 0 Å². The molecule has 0 unspecified atom stereocenters. The van der Waals surface area contributed by atoms with Crippen molar-refractivity contribution in [2.75, 3.05) is 19.6 Å². The van der Waals surface area contributed by atoms with E-state index in [4.69, 9.17) is 4.99 Å². The monoisotopic (exact) mass is 358 g/mol. The van der Waals surface area contributed by atoms with E-state index < -0.39 is 0 Å². The summed E-state index contributed by atoms with van der Waals surface area (Å²) in [4.78, 5) is 16.6. The zero-order valence-electron chi connectivity index (χ0n) is 16.5. The second kappa shape index (κ2) is 10.2. The number of benzene rings is 1. The van der Waals surface area contributed by atoms with Crippen LogP contribution in [-0.4, -0.2) is 37.5 Å². The van der Waals surface area contributed by atoms with E-state index >= 15 is 0 Å². The Morgan fingerprint density at radius 1 is 1.15 bits per heavy atom. The molecule has 1 amide bonds. The van der Waals surface area contributed by atoms with Crippen LogP contribution in [0.4, 0.5) is 0 Å². The Bertz CT molecular complexity index is 577. The number of aliphatic imine (C=N–C) groups is 1. The molecule has 5 nitrogen and oxygen atoms in total. The van der Waals surface area contributed by atoms with Gasteiger partial charge in [0.15, 0.2) is 5.96 Å². The summed E-state index contributed by atoms with van der Waals surface area (Å²) in [5.74, 6) is 0.868. The standard InChI is InChI=1S/C21H34N4O/c1-4-22-20(23-15-12-19(26)25-17(2)3)24-16-21(13-8-9-14-21)18-10-6-5-7-11-18/h5-7,10-11,17H,4,8-9,12-16H2,1-3H3,(H,25,26)(H2,22,23,24). The molecule has 1 aromatic rings. The summed E-state index contributed by atoms with van der Waals surface area (Å²) < 4.78 is 0. The summed E-state index contributed by atoms with van der Waals surface area (Å²) in [5.41, 5.74) is 1.55. The van der Waals surface area contributed by atoms with Gasteiger partial charge in [0.05, 0.1) is 6.54 Å². The number of nitrogens with one attached hydrogen (secondary N) is 3. The van der Waals surface area contributed by atoms with Gasteiger partial charge in [-0.25, -0.2) is 0 Å². The molecule has 0 aromatic heterocycles. The molecule has 5 heteroatoms. The maximum Gasteiger partial charge on any atom is 0.221 e. The smallest absolute Gasteiger partial charge is 0.221 e. The van der Waals surface area contributed by atoms with E-state index in [2.05, 4.69) is 53.2 Å². The molecule has 0 aliphatic heterocycles. The quantitative estimate of drug-likeness (QED) is 0.494. The average molecular weight is 359 g/mol. The third-order valence-electron chi connectivity index (χ3n) is 4.93. The van der Waals surface area contributed by atoms with E-state index in [0.717, 1.165) is 19.0 Å². The maximum atomic E-state index is 11.8. The lowest BCUT2D eigenvalue weighted by Gasteiger charge is -2.28. The molecule has 0 atom stereocenters. The number of guanidine groups is 1. The lowest BCUT2D eigenvalue weighted by molar-refractivity contribution is -0.121. The van der Waals surface area contributed by atoms with E-state index in [1.54, 1.807) is 0 Å². The van der Waals surface area contributed by atoms with Crippen molar-refractivity contribution in [3.63, 3.8) is 0 Å². The van der Waals surface area contributed by atoms with Gasteiger partial charge in [-0.3, -0.25) is 9.79 Å². The van der Waals surface area contributed by atoms with Crippen LogP contribution in [0.3, 0.4) is 0 Å². The third kappa shape index (κ3) is 6.04. The van der Waals surface area contributed by atoms with Crippen molar-refractivity contribution in [3.8, 4) is 0 Å². The topological polar surface area (TPSA) is 65.5 Å². The fourth-order valence-electron chi connectivity index (χ4n) is 3.64. The van der Waals surface area contributed by atoms with Crippen molar-refractivity contribution in [2.45, 2.75) is 64.3 Å². The van der Waals surface area contributed by atoms with Crippen molar-refractivity contribution >= 4 is 11.9 Å². The van der Waals surface area contributed by atoms with Gasteiger partial charge in [-0.15, -0.1) is 0 Å². The molecule has 144 valence electrons. The fraction of sp³-hybridized carbons (Fsp3) is 0.619. The van der Waals surface area contributed by atoms with Crippen molar-refractivity contribution in [1.29, 1.82) is 0 Å². The van der Waals surface area contributed by atoms with Crippen LogP contribution in [0.25, 0.3) is 0 Å². The second-order valence-electron chi connectivity index (χ2n) is 7.45. The van der Waals surface area contributed by atoms with Gasteiger partial charge in [-0.2, -0.15) is 0 Å².